The summed E-state index contributed by atoms with van der Waals surface area (Å²) in [6, 6.07) is 0.365. The van der Waals surface area contributed by atoms with Crippen LogP contribution in [-0.4, -0.2) is 39.1 Å². The summed E-state index contributed by atoms with van der Waals surface area (Å²) in [4.78, 5) is 2.40. The Hall–Kier alpha value is -0.970. The lowest BCUT2D eigenvalue weighted by Crippen LogP contribution is -2.30. The fourth-order valence-corrected chi connectivity index (χ4v) is 3.81. The number of rotatable bonds is 1. The second-order valence-corrected chi connectivity index (χ2v) is 5.64. The summed E-state index contributed by atoms with van der Waals surface area (Å²) in [7, 11) is 2.19. The SMILES string of the molecule is CN1CC2(C)CCCCC2[C@@H]1c1nn[nH]n1. The lowest BCUT2D eigenvalue weighted by molar-refractivity contribution is 0.151. The van der Waals surface area contributed by atoms with Crippen LogP contribution in [0.4, 0.5) is 0 Å². The molecule has 16 heavy (non-hydrogen) atoms. The Morgan fingerprint density at radius 3 is 3.06 bits per heavy atom. The van der Waals surface area contributed by atoms with Gasteiger partial charge < -0.3 is 0 Å². The fraction of sp³-hybridized carbons (Fsp3) is 0.909. The van der Waals surface area contributed by atoms with E-state index in [4.69, 9.17) is 0 Å². The van der Waals surface area contributed by atoms with Gasteiger partial charge in [-0.2, -0.15) is 5.21 Å². The van der Waals surface area contributed by atoms with Crippen molar-refractivity contribution in [2.24, 2.45) is 11.3 Å². The van der Waals surface area contributed by atoms with E-state index in [-0.39, 0.29) is 0 Å². The van der Waals surface area contributed by atoms with Gasteiger partial charge in [-0.1, -0.05) is 25.0 Å². The van der Waals surface area contributed by atoms with E-state index in [2.05, 4.69) is 39.5 Å². The lowest BCUT2D eigenvalue weighted by atomic mass is 9.67. The van der Waals surface area contributed by atoms with Crippen molar-refractivity contribution in [2.45, 2.75) is 38.6 Å². The highest BCUT2D eigenvalue weighted by Gasteiger charge is 2.50. The fourth-order valence-electron chi connectivity index (χ4n) is 3.81. The van der Waals surface area contributed by atoms with Crippen LogP contribution >= 0.6 is 0 Å². The molecule has 1 saturated heterocycles. The standard InChI is InChI=1S/C11H19N5/c1-11-6-4-3-5-8(11)9(16(2)7-11)10-12-14-15-13-10/h8-9H,3-7H2,1-2H3,(H,12,13,14,15)/t8?,9-,11?/m1/s1. The van der Waals surface area contributed by atoms with Crippen molar-refractivity contribution in [3.8, 4) is 0 Å². The number of nitrogens with one attached hydrogen (secondary N) is 1. The third-order valence-electron chi connectivity index (χ3n) is 4.50. The quantitative estimate of drug-likeness (QED) is 0.778. The minimum absolute atomic E-state index is 0.365. The zero-order chi connectivity index (χ0) is 11.2. The zero-order valence-electron chi connectivity index (χ0n) is 9.98. The predicted octanol–water partition coefficient (Wildman–Crippen LogP) is 1.38. The largest absolute Gasteiger partial charge is 0.296 e. The van der Waals surface area contributed by atoms with Gasteiger partial charge in [0.15, 0.2) is 5.82 Å². The minimum Gasteiger partial charge on any atom is -0.296 e. The van der Waals surface area contributed by atoms with Gasteiger partial charge in [0.2, 0.25) is 0 Å². The van der Waals surface area contributed by atoms with Crippen molar-refractivity contribution in [2.75, 3.05) is 13.6 Å². The van der Waals surface area contributed by atoms with Gasteiger partial charge in [-0.3, -0.25) is 4.90 Å². The summed E-state index contributed by atoms with van der Waals surface area (Å²) >= 11 is 0. The molecule has 1 N–H and O–H groups in total. The summed E-state index contributed by atoms with van der Waals surface area (Å²) in [5.74, 6) is 1.57. The number of tetrazole rings is 1. The molecular formula is C11H19N5. The summed E-state index contributed by atoms with van der Waals surface area (Å²) in [6.45, 7) is 3.59. The molecule has 2 aliphatic rings. The van der Waals surface area contributed by atoms with Gasteiger partial charge in [0.25, 0.3) is 0 Å². The first kappa shape index (κ1) is 10.2. The van der Waals surface area contributed by atoms with Gasteiger partial charge in [-0.05, 0) is 31.2 Å². The highest BCUT2D eigenvalue weighted by atomic mass is 15.5. The Balaban J connectivity index is 1.94. The summed E-state index contributed by atoms with van der Waals surface area (Å²) < 4.78 is 0. The molecule has 3 atom stereocenters. The molecule has 1 aromatic heterocycles. The Bertz CT molecular complexity index is 362. The molecule has 0 radical (unpaired) electrons. The number of fused-ring (bicyclic) bond motifs is 1. The number of likely N-dealkylation sites (tertiary alicyclic amines) is 1. The highest BCUT2D eigenvalue weighted by Crippen LogP contribution is 2.53. The second-order valence-electron chi connectivity index (χ2n) is 5.64. The molecule has 0 aromatic carbocycles. The Kier molecular flexibility index (Phi) is 2.24. The van der Waals surface area contributed by atoms with Crippen LogP contribution in [0.2, 0.25) is 0 Å². The van der Waals surface area contributed by atoms with Crippen molar-refractivity contribution in [1.82, 2.24) is 25.5 Å². The molecule has 2 heterocycles. The maximum atomic E-state index is 4.18. The van der Waals surface area contributed by atoms with Gasteiger partial charge in [0.05, 0.1) is 6.04 Å². The summed E-state index contributed by atoms with van der Waals surface area (Å²) in [5.41, 5.74) is 0.457. The average molecular weight is 221 g/mol. The van der Waals surface area contributed by atoms with Gasteiger partial charge in [-0.25, -0.2) is 0 Å². The van der Waals surface area contributed by atoms with E-state index in [9.17, 15) is 0 Å². The molecule has 5 heteroatoms. The van der Waals surface area contributed by atoms with Gasteiger partial charge >= 0.3 is 0 Å². The first-order valence-corrected chi connectivity index (χ1v) is 6.14. The van der Waals surface area contributed by atoms with Gasteiger partial charge in [0, 0.05) is 6.54 Å². The zero-order valence-corrected chi connectivity index (χ0v) is 9.98. The first-order chi connectivity index (χ1) is 7.71. The Labute approximate surface area is 95.6 Å². The number of H-pyrrole nitrogens is 1. The van der Waals surface area contributed by atoms with Gasteiger partial charge in [0.1, 0.15) is 0 Å². The van der Waals surface area contributed by atoms with Crippen LogP contribution in [0, 0.1) is 11.3 Å². The van der Waals surface area contributed by atoms with E-state index in [0.717, 1.165) is 12.4 Å². The molecule has 3 rings (SSSR count). The summed E-state index contributed by atoms with van der Waals surface area (Å²) in [5, 5.41) is 14.6. The van der Waals surface area contributed by atoms with E-state index in [1.54, 1.807) is 0 Å². The van der Waals surface area contributed by atoms with Crippen molar-refractivity contribution in [1.29, 1.82) is 0 Å². The van der Waals surface area contributed by atoms with Crippen molar-refractivity contribution in [3.63, 3.8) is 0 Å². The topological polar surface area (TPSA) is 57.7 Å². The molecule has 0 bridgehead atoms. The molecule has 1 aliphatic heterocycles. The summed E-state index contributed by atoms with van der Waals surface area (Å²) in [6.07, 6.45) is 5.37. The van der Waals surface area contributed by atoms with E-state index in [1.807, 2.05) is 0 Å². The maximum Gasteiger partial charge on any atom is 0.191 e. The molecule has 88 valence electrons. The monoisotopic (exact) mass is 221 g/mol. The van der Waals surface area contributed by atoms with Gasteiger partial charge in [-0.15, -0.1) is 10.2 Å². The average Bonchev–Trinajstić information content (AvgIpc) is 2.81. The minimum atomic E-state index is 0.365. The molecule has 1 saturated carbocycles. The molecule has 1 aliphatic carbocycles. The molecule has 2 fully saturated rings. The van der Waals surface area contributed by atoms with Crippen LogP contribution in [0.25, 0.3) is 0 Å². The molecule has 2 unspecified atom stereocenters. The van der Waals surface area contributed by atoms with E-state index in [0.29, 0.717) is 17.4 Å². The van der Waals surface area contributed by atoms with Crippen molar-refractivity contribution in [3.05, 3.63) is 5.82 Å². The Morgan fingerprint density at radius 1 is 1.44 bits per heavy atom. The number of aromatic nitrogens is 4. The van der Waals surface area contributed by atoms with Crippen LogP contribution < -0.4 is 0 Å². The molecule has 5 nitrogen and oxygen atoms in total. The highest BCUT2D eigenvalue weighted by molar-refractivity contribution is 5.07. The lowest BCUT2D eigenvalue weighted by Gasteiger charge is -2.36. The number of hydrogen-bond donors (Lipinski definition) is 1. The second kappa shape index (κ2) is 3.52. The van der Waals surface area contributed by atoms with Crippen molar-refractivity contribution >= 4 is 0 Å². The van der Waals surface area contributed by atoms with Crippen LogP contribution in [-0.2, 0) is 0 Å². The smallest absolute Gasteiger partial charge is 0.191 e. The normalized spacial score (nSPS) is 39.9. The number of hydrogen-bond acceptors (Lipinski definition) is 4. The van der Waals surface area contributed by atoms with E-state index in [1.165, 1.54) is 25.7 Å². The first-order valence-electron chi connectivity index (χ1n) is 6.14. The van der Waals surface area contributed by atoms with Crippen molar-refractivity contribution < 1.29 is 0 Å². The van der Waals surface area contributed by atoms with E-state index >= 15 is 0 Å². The number of aromatic amines is 1. The maximum absolute atomic E-state index is 4.18. The van der Waals surface area contributed by atoms with Crippen LogP contribution in [0.3, 0.4) is 0 Å². The number of nitrogens with zero attached hydrogens (tertiary/aromatic N) is 4. The Morgan fingerprint density at radius 2 is 2.31 bits per heavy atom. The third-order valence-corrected chi connectivity index (χ3v) is 4.50. The predicted molar refractivity (Wildman–Crippen MR) is 59.6 cm³/mol. The van der Waals surface area contributed by atoms with E-state index < -0.39 is 0 Å². The van der Waals surface area contributed by atoms with Crippen LogP contribution in [0.1, 0.15) is 44.5 Å². The third kappa shape index (κ3) is 1.38. The molecule has 1 aromatic rings. The molecular weight excluding hydrogens is 202 g/mol. The van der Waals surface area contributed by atoms with Crippen LogP contribution in [0.5, 0.6) is 0 Å². The van der Waals surface area contributed by atoms with Crippen LogP contribution in [0.15, 0.2) is 0 Å². The molecule has 0 spiro atoms. The molecule has 0 amide bonds.